The Balaban J connectivity index is 2.10. The molecular formula is C31H40ClNO4Si. The Morgan fingerprint density at radius 1 is 0.921 bits per heavy atom. The molecule has 0 fully saturated rings. The lowest BCUT2D eigenvalue weighted by atomic mass is 10.0. The molecule has 0 aliphatic rings. The molecule has 1 N–H and O–H groups in total. The molecule has 5 nitrogen and oxygen atoms in total. The highest BCUT2D eigenvalue weighted by Crippen LogP contribution is 2.40. The summed E-state index contributed by atoms with van der Waals surface area (Å²) in [5.74, 6) is 0.881. The van der Waals surface area contributed by atoms with Crippen LogP contribution in [0.3, 0.4) is 0 Å². The number of halogens is 1. The highest BCUT2D eigenvalue weighted by atomic mass is 35.5. The minimum Gasteiger partial charge on any atom is -0.497 e. The van der Waals surface area contributed by atoms with Gasteiger partial charge in [0.1, 0.15) is 11.5 Å². The fourth-order valence-electron chi connectivity index (χ4n) is 4.10. The van der Waals surface area contributed by atoms with Gasteiger partial charge in [0.25, 0.3) is 0 Å². The van der Waals surface area contributed by atoms with E-state index in [-0.39, 0.29) is 5.04 Å². The molecule has 0 aromatic heterocycles. The lowest BCUT2D eigenvalue weighted by Crippen LogP contribution is -2.50. The lowest BCUT2D eigenvalue weighted by molar-refractivity contribution is -0.143. The molecule has 3 aromatic carbocycles. The Kier molecular flexibility index (Phi) is 9.34. The van der Waals surface area contributed by atoms with Crippen molar-refractivity contribution in [3.63, 3.8) is 0 Å². The van der Waals surface area contributed by atoms with Gasteiger partial charge in [0.05, 0.1) is 13.2 Å². The third-order valence-electron chi connectivity index (χ3n) is 7.21. The number of carbonyl (C=O) groups excluding carboxylic acids is 1. The molecule has 0 saturated carbocycles. The van der Waals surface area contributed by atoms with Gasteiger partial charge in [0.2, 0.25) is 0 Å². The molecule has 38 heavy (non-hydrogen) atoms. The van der Waals surface area contributed by atoms with Gasteiger partial charge in [-0.15, -0.1) is 0 Å². The van der Waals surface area contributed by atoms with Crippen molar-refractivity contribution in [3.8, 4) is 11.5 Å². The van der Waals surface area contributed by atoms with Gasteiger partial charge >= 0.3 is 5.97 Å². The summed E-state index contributed by atoms with van der Waals surface area (Å²) in [6, 6.07) is 18.6. The molecule has 7 heteroatoms. The molecule has 0 unspecified atom stereocenters. The van der Waals surface area contributed by atoms with Gasteiger partial charge in [-0.25, -0.2) is 4.79 Å². The molecule has 0 saturated heterocycles. The Labute approximate surface area is 233 Å². The largest absolute Gasteiger partial charge is 0.497 e. The van der Waals surface area contributed by atoms with Gasteiger partial charge in [-0.2, -0.15) is 0 Å². The predicted octanol–water partition coefficient (Wildman–Crippen LogP) is 8.42. The van der Waals surface area contributed by atoms with Crippen LogP contribution in [0.1, 0.15) is 49.1 Å². The summed E-state index contributed by atoms with van der Waals surface area (Å²) < 4.78 is 18.3. The summed E-state index contributed by atoms with van der Waals surface area (Å²) in [6.45, 7) is 16.7. The maximum absolute atomic E-state index is 14.1. The van der Waals surface area contributed by atoms with Gasteiger partial charge in [-0.1, -0.05) is 62.2 Å². The van der Waals surface area contributed by atoms with Crippen LogP contribution in [-0.4, -0.2) is 27.5 Å². The second-order valence-corrected chi connectivity index (χ2v) is 16.5. The number of benzene rings is 3. The van der Waals surface area contributed by atoms with Crippen LogP contribution in [0.2, 0.25) is 23.2 Å². The molecule has 0 aliphatic heterocycles. The van der Waals surface area contributed by atoms with E-state index in [1.807, 2.05) is 81.4 Å². The predicted molar refractivity (Wildman–Crippen MR) is 159 cm³/mol. The van der Waals surface area contributed by atoms with Crippen LogP contribution >= 0.6 is 11.6 Å². The van der Waals surface area contributed by atoms with Crippen molar-refractivity contribution in [3.05, 3.63) is 87.9 Å². The molecule has 0 aliphatic carbocycles. The van der Waals surface area contributed by atoms with Crippen LogP contribution in [0, 0.1) is 20.8 Å². The molecular weight excluding hydrogens is 514 g/mol. The minimum absolute atomic E-state index is 0.119. The Morgan fingerprint density at radius 2 is 1.47 bits per heavy atom. The van der Waals surface area contributed by atoms with Gasteiger partial charge in [0, 0.05) is 10.7 Å². The monoisotopic (exact) mass is 553 g/mol. The van der Waals surface area contributed by atoms with E-state index in [9.17, 15) is 4.79 Å². The summed E-state index contributed by atoms with van der Waals surface area (Å²) in [6.07, 6.45) is -0.917. The van der Waals surface area contributed by atoms with Crippen LogP contribution in [-0.2, 0) is 9.22 Å². The van der Waals surface area contributed by atoms with Crippen molar-refractivity contribution < 1.29 is 18.7 Å². The number of anilines is 1. The zero-order chi connectivity index (χ0) is 28.3. The van der Waals surface area contributed by atoms with Gasteiger partial charge in [-0.05, 0) is 92.0 Å². The summed E-state index contributed by atoms with van der Waals surface area (Å²) in [7, 11) is -0.777. The standard InChI is InChI=1S/C31H40ClNO4Si/c1-20-18-21(2)28(22(3)19-20)36-30(34)29(37-38(8,9)31(4,5)6)27(23-10-12-24(32)13-11-23)33-25-14-16-26(35-7)17-15-25/h10-19,27,29,33H,1-9H3/t27-,29-/m1/s1. The number of nitrogens with one attached hydrogen (secondary N) is 1. The van der Waals surface area contributed by atoms with Gasteiger partial charge in [-0.3, -0.25) is 0 Å². The quantitative estimate of drug-likeness (QED) is 0.164. The van der Waals surface area contributed by atoms with E-state index in [4.69, 9.17) is 25.5 Å². The minimum atomic E-state index is -2.41. The van der Waals surface area contributed by atoms with E-state index in [0.717, 1.165) is 33.7 Å². The van der Waals surface area contributed by atoms with E-state index >= 15 is 0 Å². The SMILES string of the molecule is COc1ccc(N[C@H](c2ccc(Cl)cc2)[C@@H](O[Si](C)(C)C(C)(C)C)C(=O)Oc2c(C)cc(C)cc2C)cc1. The first-order valence-corrected chi connectivity index (χ1v) is 16.1. The average molecular weight is 554 g/mol. The maximum Gasteiger partial charge on any atom is 0.341 e. The van der Waals surface area contributed by atoms with E-state index in [0.29, 0.717) is 10.8 Å². The van der Waals surface area contributed by atoms with E-state index in [1.54, 1.807) is 7.11 Å². The fraction of sp³-hybridized carbons (Fsp3) is 0.387. The van der Waals surface area contributed by atoms with E-state index in [1.165, 1.54) is 0 Å². The van der Waals surface area contributed by atoms with Crippen LogP contribution in [0.5, 0.6) is 11.5 Å². The molecule has 0 bridgehead atoms. The van der Waals surface area contributed by atoms with Crippen molar-refractivity contribution in [2.24, 2.45) is 0 Å². The highest BCUT2D eigenvalue weighted by Gasteiger charge is 2.44. The Morgan fingerprint density at radius 3 is 1.97 bits per heavy atom. The van der Waals surface area contributed by atoms with Crippen molar-refractivity contribution in [1.82, 2.24) is 0 Å². The molecule has 0 amide bonds. The summed E-state index contributed by atoms with van der Waals surface area (Å²) in [4.78, 5) is 14.1. The molecule has 0 radical (unpaired) electrons. The third-order valence-corrected chi connectivity index (χ3v) is 11.9. The van der Waals surface area contributed by atoms with Crippen molar-refractivity contribution in [2.45, 2.75) is 71.8 Å². The normalized spacial score (nSPS) is 13.5. The number of rotatable bonds is 9. The maximum atomic E-state index is 14.1. The third kappa shape index (κ3) is 7.19. The number of esters is 1. The second-order valence-electron chi connectivity index (χ2n) is 11.3. The molecule has 3 rings (SSSR count). The number of methoxy groups -OCH3 is 1. The molecule has 0 heterocycles. The van der Waals surface area contributed by atoms with Crippen molar-refractivity contribution in [2.75, 3.05) is 12.4 Å². The second kappa shape index (κ2) is 11.9. The first kappa shape index (κ1) is 29.7. The zero-order valence-electron chi connectivity index (χ0n) is 23.9. The van der Waals surface area contributed by atoms with Crippen LogP contribution < -0.4 is 14.8 Å². The summed E-state index contributed by atoms with van der Waals surface area (Å²) in [5.41, 5.74) is 4.63. The first-order valence-electron chi connectivity index (χ1n) is 12.9. The first-order chi connectivity index (χ1) is 17.7. The summed E-state index contributed by atoms with van der Waals surface area (Å²) in [5, 5.41) is 4.04. The molecule has 0 spiro atoms. The Bertz CT molecular complexity index is 1230. The van der Waals surface area contributed by atoms with Crippen LogP contribution in [0.25, 0.3) is 0 Å². The average Bonchev–Trinajstić information content (AvgIpc) is 2.83. The summed E-state index contributed by atoms with van der Waals surface area (Å²) >= 11 is 6.22. The van der Waals surface area contributed by atoms with Gasteiger partial charge in [0.15, 0.2) is 14.4 Å². The number of ether oxygens (including phenoxy) is 2. The van der Waals surface area contributed by atoms with Crippen molar-refractivity contribution >= 4 is 31.6 Å². The number of carbonyl (C=O) groups is 1. The molecule has 204 valence electrons. The highest BCUT2D eigenvalue weighted by molar-refractivity contribution is 6.74. The van der Waals surface area contributed by atoms with E-state index < -0.39 is 26.4 Å². The van der Waals surface area contributed by atoms with E-state index in [2.05, 4.69) is 39.2 Å². The zero-order valence-corrected chi connectivity index (χ0v) is 25.7. The van der Waals surface area contributed by atoms with Gasteiger partial charge < -0.3 is 19.2 Å². The topological polar surface area (TPSA) is 56.8 Å². The Hall–Kier alpha value is -2.80. The number of aryl methyl sites for hydroxylation is 3. The number of hydrogen-bond donors (Lipinski definition) is 1. The lowest BCUT2D eigenvalue weighted by Gasteiger charge is -2.41. The van der Waals surface area contributed by atoms with Crippen LogP contribution in [0.4, 0.5) is 5.69 Å². The van der Waals surface area contributed by atoms with Crippen molar-refractivity contribution in [1.29, 1.82) is 0 Å². The molecule has 2 atom stereocenters. The number of hydrogen-bond acceptors (Lipinski definition) is 5. The smallest absolute Gasteiger partial charge is 0.341 e. The molecule has 3 aromatic rings. The van der Waals surface area contributed by atoms with Crippen LogP contribution in [0.15, 0.2) is 60.7 Å². The fourth-order valence-corrected chi connectivity index (χ4v) is 5.45.